The zero-order chi connectivity index (χ0) is 13.1. The van der Waals surface area contributed by atoms with E-state index in [2.05, 4.69) is 5.32 Å². The first-order valence-electron chi connectivity index (χ1n) is 6.13. The van der Waals surface area contributed by atoms with E-state index in [-0.39, 0.29) is 11.8 Å². The first-order valence-corrected chi connectivity index (χ1v) is 7.01. The fraction of sp³-hybridized carbons (Fsp3) is 0.538. The highest BCUT2D eigenvalue weighted by Gasteiger charge is 2.37. The summed E-state index contributed by atoms with van der Waals surface area (Å²) >= 11 is 1.61. The van der Waals surface area contributed by atoms with Crippen molar-refractivity contribution >= 4 is 23.2 Å². The second-order valence-electron chi connectivity index (χ2n) is 4.73. The van der Waals surface area contributed by atoms with Crippen LogP contribution in [0.5, 0.6) is 0 Å². The van der Waals surface area contributed by atoms with Crippen LogP contribution < -0.4 is 5.32 Å². The minimum atomic E-state index is -0.847. The molecule has 2 unspecified atom stereocenters. The number of carbonyl (C=O) groups excluding carboxylic acids is 1. The molecule has 2 N–H and O–H groups in total. The van der Waals surface area contributed by atoms with Crippen molar-refractivity contribution in [1.82, 2.24) is 5.32 Å². The van der Waals surface area contributed by atoms with E-state index in [9.17, 15) is 9.59 Å². The van der Waals surface area contributed by atoms with Crippen molar-refractivity contribution in [3.63, 3.8) is 0 Å². The van der Waals surface area contributed by atoms with Crippen LogP contribution in [-0.2, 0) is 16.1 Å². The number of rotatable bonds is 4. The maximum Gasteiger partial charge on any atom is 0.307 e. The van der Waals surface area contributed by atoms with Gasteiger partial charge in [-0.2, -0.15) is 0 Å². The summed E-state index contributed by atoms with van der Waals surface area (Å²) in [6.07, 6.45) is 2.13. The Bertz CT molecular complexity index is 455. The van der Waals surface area contributed by atoms with Crippen molar-refractivity contribution in [2.45, 2.75) is 32.7 Å². The van der Waals surface area contributed by atoms with Gasteiger partial charge in [-0.05, 0) is 36.8 Å². The molecule has 1 aliphatic rings. The number of aryl methyl sites for hydroxylation is 1. The molecule has 1 aromatic heterocycles. The molecule has 0 radical (unpaired) electrons. The Labute approximate surface area is 110 Å². The molecule has 1 amide bonds. The number of amides is 1. The quantitative estimate of drug-likeness (QED) is 0.878. The zero-order valence-corrected chi connectivity index (χ0v) is 11.1. The zero-order valence-electron chi connectivity index (χ0n) is 10.3. The molecule has 2 atom stereocenters. The average molecular weight is 267 g/mol. The number of hydrogen-bond donors (Lipinski definition) is 2. The molecule has 0 bridgehead atoms. The van der Waals surface area contributed by atoms with E-state index in [0.29, 0.717) is 19.4 Å². The molecule has 0 spiro atoms. The van der Waals surface area contributed by atoms with Gasteiger partial charge < -0.3 is 10.4 Å². The molecule has 18 heavy (non-hydrogen) atoms. The second-order valence-corrected chi connectivity index (χ2v) is 5.73. The maximum atomic E-state index is 12.0. The van der Waals surface area contributed by atoms with E-state index in [0.717, 1.165) is 11.3 Å². The number of carboxylic acids is 1. The van der Waals surface area contributed by atoms with Crippen LogP contribution in [0.4, 0.5) is 0 Å². The Morgan fingerprint density at radius 2 is 2.17 bits per heavy atom. The van der Waals surface area contributed by atoms with Gasteiger partial charge in [0, 0.05) is 4.88 Å². The van der Waals surface area contributed by atoms with Crippen LogP contribution >= 0.6 is 11.3 Å². The average Bonchev–Trinajstić information content (AvgIpc) is 2.94. The summed E-state index contributed by atoms with van der Waals surface area (Å²) in [5.74, 6) is -1.83. The van der Waals surface area contributed by atoms with E-state index in [4.69, 9.17) is 5.11 Å². The highest BCUT2D eigenvalue weighted by Crippen LogP contribution is 2.32. The Balaban J connectivity index is 1.92. The van der Waals surface area contributed by atoms with Gasteiger partial charge in [0.2, 0.25) is 5.91 Å². The second kappa shape index (κ2) is 5.52. The van der Waals surface area contributed by atoms with Crippen LogP contribution in [0.1, 0.15) is 29.7 Å². The molecule has 1 aromatic rings. The Kier molecular flexibility index (Phi) is 4.01. The summed E-state index contributed by atoms with van der Waals surface area (Å²) in [7, 11) is 0. The number of carboxylic acid groups (broad SMARTS) is 1. The van der Waals surface area contributed by atoms with Crippen LogP contribution in [0, 0.1) is 18.8 Å². The fourth-order valence-electron chi connectivity index (χ4n) is 2.45. The number of thiophene rings is 1. The van der Waals surface area contributed by atoms with Gasteiger partial charge in [-0.3, -0.25) is 9.59 Å². The van der Waals surface area contributed by atoms with Gasteiger partial charge in [0.1, 0.15) is 0 Å². The maximum absolute atomic E-state index is 12.0. The highest BCUT2D eigenvalue weighted by atomic mass is 32.1. The fourth-order valence-corrected chi connectivity index (χ4v) is 3.30. The summed E-state index contributed by atoms with van der Waals surface area (Å²) in [4.78, 5) is 24.2. The lowest BCUT2D eigenvalue weighted by Crippen LogP contribution is -2.34. The van der Waals surface area contributed by atoms with Crippen LogP contribution in [0.25, 0.3) is 0 Å². The molecule has 98 valence electrons. The van der Waals surface area contributed by atoms with Gasteiger partial charge in [0.15, 0.2) is 0 Å². The van der Waals surface area contributed by atoms with Crippen LogP contribution in [0.3, 0.4) is 0 Å². The van der Waals surface area contributed by atoms with Crippen LogP contribution in [0.2, 0.25) is 0 Å². The molecule has 4 nitrogen and oxygen atoms in total. The van der Waals surface area contributed by atoms with Gasteiger partial charge in [-0.15, -0.1) is 11.3 Å². The van der Waals surface area contributed by atoms with Gasteiger partial charge >= 0.3 is 5.97 Å². The van der Waals surface area contributed by atoms with Crippen molar-refractivity contribution in [3.05, 3.63) is 21.9 Å². The van der Waals surface area contributed by atoms with E-state index in [1.54, 1.807) is 11.3 Å². The van der Waals surface area contributed by atoms with Crippen LogP contribution in [0.15, 0.2) is 11.4 Å². The van der Waals surface area contributed by atoms with Crippen molar-refractivity contribution in [1.29, 1.82) is 0 Å². The molecule has 0 aromatic carbocycles. The van der Waals surface area contributed by atoms with Crippen molar-refractivity contribution < 1.29 is 14.7 Å². The summed E-state index contributed by atoms with van der Waals surface area (Å²) < 4.78 is 0. The molecule has 0 aliphatic heterocycles. The summed E-state index contributed by atoms with van der Waals surface area (Å²) in [6, 6.07) is 2.02. The van der Waals surface area contributed by atoms with E-state index in [1.807, 2.05) is 18.4 Å². The minimum Gasteiger partial charge on any atom is -0.481 e. The molecule has 1 aliphatic carbocycles. The molecular weight excluding hydrogens is 250 g/mol. The predicted molar refractivity (Wildman–Crippen MR) is 69.4 cm³/mol. The smallest absolute Gasteiger partial charge is 0.307 e. The normalized spacial score (nSPS) is 22.9. The third-order valence-corrected chi connectivity index (χ3v) is 4.58. The lowest BCUT2D eigenvalue weighted by molar-refractivity contribution is -0.146. The SMILES string of the molecule is Cc1ccsc1CNC(=O)C1CCCC1C(=O)O. The monoisotopic (exact) mass is 267 g/mol. The lowest BCUT2D eigenvalue weighted by atomic mass is 9.95. The Morgan fingerprint density at radius 1 is 1.44 bits per heavy atom. The number of nitrogens with one attached hydrogen (secondary N) is 1. The van der Waals surface area contributed by atoms with Gasteiger partial charge in [-0.25, -0.2) is 0 Å². The van der Waals surface area contributed by atoms with Crippen LogP contribution in [-0.4, -0.2) is 17.0 Å². The standard InChI is InChI=1S/C13H17NO3S/c1-8-5-6-18-11(8)7-14-12(15)9-3-2-4-10(9)13(16)17/h5-6,9-10H,2-4,7H2,1H3,(H,14,15)(H,16,17). The molecule has 1 fully saturated rings. The topological polar surface area (TPSA) is 66.4 Å². The van der Waals surface area contributed by atoms with E-state index < -0.39 is 11.9 Å². The largest absolute Gasteiger partial charge is 0.481 e. The molecule has 1 heterocycles. The molecule has 1 saturated carbocycles. The highest BCUT2D eigenvalue weighted by molar-refractivity contribution is 7.10. The van der Waals surface area contributed by atoms with Gasteiger partial charge in [-0.1, -0.05) is 6.42 Å². The van der Waals surface area contributed by atoms with Gasteiger partial charge in [0.05, 0.1) is 18.4 Å². The lowest BCUT2D eigenvalue weighted by Gasteiger charge is -2.15. The van der Waals surface area contributed by atoms with E-state index >= 15 is 0 Å². The Hall–Kier alpha value is -1.36. The summed E-state index contributed by atoms with van der Waals surface area (Å²) in [5.41, 5.74) is 1.17. The first kappa shape index (κ1) is 13.1. The molecular formula is C13H17NO3S. The summed E-state index contributed by atoms with van der Waals surface area (Å²) in [6.45, 7) is 2.51. The predicted octanol–water partition coefficient (Wildman–Crippen LogP) is 2.17. The number of aliphatic carboxylic acids is 1. The summed E-state index contributed by atoms with van der Waals surface area (Å²) in [5, 5.41) is 13.9. The minimum absolute atomic E-state index is 0.118. The third kappa shape index (κ3) is 2.72. The number of carbonyl (C=O) groups is 2. The molecule has 5 heteroatoms. The van der Waals surface area contributed by atoms with Crippen molar-refractivity contribution in [3.8, 4) is 0 Å². The van der Waals surface area contributed by atoms with Crippen molar-refractivity contribution in [2.24, 2.45) is 11.8 Å². The molecule has 2 rings (SSSR count). The van der Waals surface area contributed by atoms with E-state index in [1.165, 1.54) is 5.56 Å². The first-order chi connectivity index (χ1) is 8.59. The van der Waals surface area contributed by atoms with Crippen molar-refractivity contribution in [2.75, 3.05) is 0 Å². The number of hydrogen-bond acceptors (Lipinski definition) is 3. The Morgan fingerprint density at radius 3 is 2.78 bits per heavy atom. The third-order valence-electron chi connectivity index (χ3n) is 3.56. The van der Waals surface area contributed by atoms with Gasteiger partial charge in [0.25, 0.3) is 0 Å². The molecule has 0 saturated heterocycles.